The van der Waals surface area contributed by atoms with Crippen molar-refractivity contribution in [1.29, 1.82) is 0 Å². The van der Waals surface area contributed by atoms with Gasteiger partial charge in [0.05, 0.1) is 13.3 Å². The zero-order valence-electron chi connectivity index (χ0n) is 9.18. The molecule has 0 N–H and O–H groups in total. The number of rotatable bonds is 3. The molecule has 0 aliphatic carbocycles. The van der Waals surface area contributed by atoms with Gasteiger partial charge < -0.3 is 4.74 Å². The quantitative estimate of drug-likeness (QED) is 0.782. The van der Waals surface area contributed by atoms with Gasteiger partial charge in [0, 0.05) is 27.9 Å². The summed E-state index contributed by atoms with van der Waals surface area (Å²) in [5, 5.41) is 0.518. The molecule has 0 spiro atoms. The molecule has 3 nitrogen and oxygen atoms in total. The van der Waals surface area contributed by atoms with Crippen molar-refractivity contribution in [3.8, 4) is 16.9 Å². The van der Waals surface area contributed by atoms with E-state index in [1.165, 1.54) is 0 Å². The van der Waals surface area contributed by atoms with Crippen LogP contribution in [0.25, 0.3) is 11.1 Å². The Morgan fingerprint density at radius 2 is 2.12 bits per heavy atom. The Kier molecular flexibility index (Phi) is 3.40. The van der Waals surface area contributed by atoms with Crippen LogP contribution in [-0.2, 0) is 0 Å². The molecule has 0 fully saturated rings. The molecule has 0 bridgehead atoms. The minimum absolute atomic E-state index is 0.518. The summed E-state index contributed by atoms with van der Waals surface area (Å²) in [6.45, 7) is 0. The highest BCUT2D eigenvalue weighted by molar-refractivity contribution is 6.33. The van der Waals surface area contributed by atoms with Crippen LogP contribution in [0.5, 0.6) is 5.75 Å². The zero-order chi connectivity index (χ0) is 12.3. The summed E-state index contributed by atoms with van der Waals surface area (Å²) in [6.07, 6.45) is 4.08. The maximum absolute atomic E-state index is 10.6. The van der Waals surface area contributed by atoms with E-state index >= 15 is 0 Å². The fourth-order valence-corrected chi connectivity index (χ4v) is 1.81. The number of aldehydes is 1. The number of hydrogen-bond acceptors (Lipinski definition) is 3. The fraction of sp³-hybridized carbons (Fsp3) is 0.0769. The highest BCUT2D eigenvalue weighted by atomic mass is 35.5. The number of nitrogens with zero attached hydrogens (tertiary/aromatic N) is 1. The Bertz CT molecular complexity index is 555. The largest absolute Gasteiger partial charge is 0.495 e. The molecule has 4 heteroatoms. The number of methoxy groups -OCH3 is 1. The number of aromatic nitrogens is 1. The van der Waals surface area contributed by atoms with E-state index < -0.39 is 0 Å². The molecule has 1 aromatic heterocycles. The second-order valence-electron chi connectivity index (χ2n) is 3.47. The van der Waals surface area contributed by atoms with Gasteiger partial charge in [-0.3, -0.25) is 9.78 Å². The summed E-state index contributed by atoms with van der Waals surface area (Å²) < 4.78 is 5.10. The third-order valence-corrected chi connectivity index (χ3v) is 2.70. The monoisotopic (exact) mass is 247 g/mol. The van der Waals surface area contributed by atoms with Crippen molar-refractivity contribution in [1.82, 2.24) is 4.98 Å². The van der Waals surface area contributed by atoms with E-state index in [4.69, 9.17) is 16.3 Å². The summed E-state index contributed by atoms with van der Waals surface area (Å²) in [7, 11) is 1.58. The van der Waals surface area contributed by atoms with Gasteiger partial charge in [0.1, 0.15) is 12.0 Å². The van der Waals surface area contributed by atoms with Crippen LogP contribution >= 0.6 is 11.6 Å². The molecule has 0 unspecified atom stereocenters. The average Bonchev–Trinajstić information content (AvgIpc) is 2.38. The molecule has 2 aromatic rings. The summed E-state index contributed by atoms with van der Waals surface area (Å²) in [4.78, 5) is 14.7. The van der Waals surface area contributed by atoms with Crippen molar-refractivity contribution >= 4 is 17.9 Å². The normalized spacial score (nSPS) is 10.0. The summed E-state index contributed by atoms with van der Waals surface area (Å²) >= 11 is 6.11. The van der Waals surface area contributed by atoms with Gasteiger partial charge in [-0.2, -0.15) is 0 Å². The molecule has 1 heterocycles. The van der Waals surface area contributed by atoms with Gasteiger partial charge >= 0.3 is 0 Å². The second-order valence-corrected chi connectivity index (χ2v) is 3.88. The maximum atomic E-state index is 10.6. The Labute approximate surface area is 104 Å². The van der Waals surface area contributed by atoms with Gasteiger partial charge in [0.15, 0.2) is 0 Å². The first-order chi connectivity index (χ1) is 8.24. The lowest BCUT2D eigenvalue weighted by Gasteiger charge is -2.06. The highest BCUT2D eigenvalue weighted by Gasteiger charge is 2.06. The number of ether oxygens (including phenoxy) is 1. The third kappa shape index (κ3) is 2.45. The van der Waals surface area contributed by atoms with Crippen molar-refractivity contribution in [2.75, 3.05) is 7.11 Å². The Morgan fingerprint density at radius 1 is 1.29 bits per heavy atom. The number of carbonyl (C=O) groups excluding carboxylic acids is 1. The second kappa shape index (κ2) is 4.97. The fourth-order valence-electron chi connectivity index (χ4n) is 1.52. The SMILES string of the molecule is COc1cncc(-c2ccc(C=O)cc2Cl)c1. The smallest absolute Gasteiger partial charge is 0.150 e. The van der Waals surface area contributed by atoms with Crippen molar-refractivity contribution in [3.63, 3.8) is 0 Å². The van der Waals surface area contributed by atoms with Gasteiger partial charge in [-0.25, -0.2) is 0 Å². The van der Waals surface area contributed by atoms with E-state index in [9.17, 15) is 4.79 Å². The number of halogens is 1. The lowest BCUT2D eigenvalue weighted by atomic mass is 10.1. The van der Waals surface area contributed by atoms with Crippen molar-refractivity contribution in [2.45, 2.75) is 0 Å². The number of benzene rings is 1. The topological polar surface area (TPSA) is 39.2 Å². The van der Waals surface area contributed by atoms with Crippen LogP contribution in [-0.4, -0.2) is 18.4 Å². The maximum Gasteiger partial charge on any atom is 0.150 e. The predicted molar refractivity (Wildman–Crippen MR) is 66.6 cm³/mol. The summed E-state index contributed by atoms with van der Waals surface area (Å²) in [6, 6.07) is 6.98. The number of pyridine rings is 1. The minimum atomic E-state index is 0.518. The molecule has 17 heavy (non-hydrogen) atoms. The lowest BCUT2D eigenvalue weighted by molar-refractivity contribution is 0.112. The first-order valence-electron chi connectivity index (χ1n) is 4.98. The molecule has 0 radical (unpaired) electrons. The molecule has 0 atom stereocenters. The van der Waals surface area contributed by atoms with Crippen LogP contribution in [0.4, 0.5) is 0 Å². The summed E-state index contributed by atoms with van der Waals surface area (Å²) in [5.41, 5.74) is 2.23. The molecular formula is C13H10ClNO2. The Balaban J connectivity index is 2.48. The molecule has 0 saturated carbocycles. The molecule has 0 amide bonds. The Hall–Kier alpha value is -1.87. The van der Waals surface area contributed by atoms with Crippen LogP contribution in [0.15, 0.2) is 36.7 Å². The van der Waals surface area contributed by atoms with Crippen molar-refractivity contribution in [3.05, 3.63) is 47.2 Å². The van der Waals surface area contributed by atoms with Crippen LogP contribution in [0.2, 0.25) is 5.02 Å². The minimum Gasteiger partial charge on any atom is -0.495 e. The van der Waals surface area contributed by atoms with Crippen molar-refractivity contribution in [2.24, 2.45) is 0 Å². The van der Waals surface area contributed by atoms with E-state index in [1.54, 1.807) is 37.7 Å². The van der Waals surface area contributed by atoms with E-state index in [0.29, 0.717) is 16.3 Å². The molecule has 0 saturated heterocycles. The first-order valence-corrected chi connectivity index (χ1v) is 5.36. The van der Waals surface area contributed by atoms with Crippen LogP contribution in [0.1, 0.15) is 10.4 Å². The lowest BCUT2D eigenvalue weighted by Crippen LogP contribution is -1.88. The van der Waals surface area contributed by atoms with E-state index in [0.717, 1.165) is 17.4 Å². The molecule has 1 aromatic carbocycles. The first kappa shape index (κ1) is 11.6. The summed E-state index contributed by atoms with van der Waals surface area (Å²) in [5.74, 6) is 0.665. The van der Waals surface area contributed by atoms with Crippen LogP contribution in [0, 0.1) is 0 Å². The molecular weight excluding hydrogens is 238 g/mol. The highest BCUT2D eigenvalue weighted by Crippen LogP contribution is 2.29. The Morgan fingerprint density at radius 3 is 2.76 bits per heavy atom. The molecule has 0 aliphatic rings. The van der Waals surface area contributed by atoms with Crippen LogP contribution in [0.3, 0.4) is 0 Å². The van der Waals surface area contributed by atoms with Crippen molar-refractivity contribution < 1.29 is 9.53 Å². The van der Waals surface area contributed by atoms with Gasteiger partial charge in [-0.15, -0.1) is 0 Å². The number of carbonyl (C=O) groups is 1. The van der Waals surface area contributed by atoms with Gasteiger partial charge in [0.25, 0.3) is 0 Å². The molecule has 86 valence electrons. The van der Waals surface area contributed by atoms with E-state index in [1.807, 2.05) is 6.07 Å². The molecule has 2 rings (SSSR count). The van der Waals surface area contributed by atoms with Gasteiger partial charge in [-0.1, -0.05) is 23.7 Å². The van der Waals surface area contributed by atoms with Gasteiger partial charge in [0.2, 0.25) is 0 Å². The van der Waals surface area contributed by atoms with Gasteiger partial charge in [-0.05, 0) is 12.1 Å². The molecule has 0 aliphatic heterocycles. The van der Waals surface area contributed by atoms with E-state index in [-0.39, 0.29) is 0 Å². The number of hydrogen-bond donors (Lipinski definition) is 0. The third-order valence-electron chi connectivity index (χ3n) is 2.39. The standard InChI is InChI=1S/C13H10ClNO2/c1-17-11-5-10(6-15-7-11)12-3-2-9(8-16)4-13(12)14/h2-8H,1H3. The predicted octanol–water partition coefficient (Wildman–Crippen LogP) is 3.22. The van der Waals surface area contributed by atoms with Crippen LogP contribution < -0.4 is 4.74 Å². The van der Waals surface area contributed by atoms with E-state index in [2.05, 4.69) is 4.98 Å². The zero-order valence-corrected chi connectivity index (χ0v) is 9.94. The average molecular weight is 248 g/mol.